The van der Waals surface area contributed by atoms with Crippen molar-refractivity contribution in [3.8, 4) is 0 Å². The molecule has 5 heteroatoms. The van der Waals surface area contributed by atoms with Crippen LogP contribution in [0.5, 0.6) is 0 Å². The number of nitrogens with two attached hydrogens (primary N) is 1. The largest absolute Gasteiger partial charge is 0.397 e. The molecule has 3 N–H and O–H groups in total. The molecule has 0 aromatic heterocycles. The summed E-state index contributed by atoms with van der Waals surface area (Å²) in [7, 11) is 0. The Hall–Kier alpha value is -0.610. The highest BCUT2D eigenvalue weighted by molar-refractivity contribution is 8.00. The van der Waals surface area contributed by atoms with Gasteiger partial charge in [-0.25, -0.2) is 4.39 Å². The Labute approximate surface area is 110 Å². The Morgan fingerprint density at radius 1 is 1.53 bits per heavy atom. The van der Waals surface area contributed by atoms with Gasteiger partial charge in [-0.05, 0) is 25.2 Å². The van der Waals surface area contributed by atoms with Gasteiger partial charge in [-0.2, -0.15) is 11.8 Å². The van der Waals surface area contributed by atoms with Crippen LogP contribution in [0, 0.1) is 5.82 Å². The molecule has 1 aliphatic carbocycles. The molecule has 0 saturated heterocycles. The molecule has 0 atom stereocenters. The Balaban J connectivity index is 2.06. The summed E-state index contributed by atoms with van der Waals surface area (Å²) in [6.07, 6.45) is 5.84. The third-order valence-corrected chi connectivity index (χ3v) is 5.10. The van der Waals surface area contributed by atoms with Crippen molar-refractivity contribution in [2.24, 2.45) is 0 Å². The van der Waals surface area contributed by atoms with Gasteiger partial charge >= 0.3 is 0 Å². The Kier molecular flexibility index (Phi) is 3.73. The van der Waals surface area contributed by atoms with Crippen LogP contribution in [0.15, 0.2) is 12.1 Å². The number of nitrogens with one attached hydrogen (secondary N) is 1. The number of rotatable bonds is 4. The first-order chi connectivity index (χ1) is 8.06. The van der Waals surface area contributed by atoms with Crippen molar-refractivity contribution in [3.05, 3.63) is 23.0 Å². The van der Waals surface area contributed by atoms with Crippen LogP contribution >= 0.6 is 23.4 Å². The highest BCUT2D eigenvalue weighted by Gasteiger charge is 2.35. The molecule has 0 amide bonds. The fourth-order valence-corrected chi connectivity index (χ4v) is 3.07. The molecule has 0 unspecified atom stereocenters. The summed E-state index contributed by atoms with van der Waals surface area (Å²) < 4.78 is 13.4. The first kappa shape index (κ1) is 12.8. The van der Waals surface area contributed by atoms with Gasteiger partial charge in [0.15, 0.2) is 0 Å². The maximum atomic E-state index is 13.1. The van der Waals surface area contributed by atoms with E-state index in [1.807, 2.05) is 11.8 Å². The number of hydrogen-bond acceptors (Lipinski definition) is 3. The number of nitrogen functional groups attached to an aromatic ring is 1. The minimum atomic E-state index is -0.474. The molecule has 2 nitrogen and oxygen atoms in total. The van der Waals surface area contributed by atoms with Crippen LogP contribution in [0.1, 0.15) is 19.3 Å². The van der Waals surface area contributed by atoms with Gasteiger partial charge in [-0.1, -0.05) is 18.0 Å². The minimum absolute atomic E-state index is 0.105. The van der Waals surface area contributed by atoms with E-state index in [9.17, 15) is 4.39 Å². The van der Waals surface area contributed by atoms with E-state index in [2.05, 4.69) is 11.6 Å². The summed E-state index contributed by atoms with van der Waals surface area (Å²) in [5.41, 5.74) is 6.88. The second-order valence-corrected chi connectivity index (χ2v) is 6.13. The predicted molar refractivity (Wildman–Crippen MR) is 74.4 cm³/mol. The number of halogens is 2. The second kappa shape index (κ2) is 4.94. The molecule has 0 bridgehead atoms. The molecule has 1 aromatic rings. The monoisotopic (exact) mass is 274 g/mol. The molecule has 94 valence electrons. The molecule has 17 heavy (non-hydrogen) atoms. The first-order valence-corrected chi connectivity index (χ1v) is 7.20. The van der Waals surface area contributed by atoms with E-state index in [0.717, 1.165) is 12.2 Å². The zero-order valence-electron chi connectivity index (χ0n) is 9.72. The second-order valence-electron chi connectivity index (χ2n) is 4.45. The molecule has 0 aliphatic heterocycles. The van der Waals surface area contributed by atoms with Gasteiger partial charge < -0.3 is 11.1 Å². The van der Waals surface area contributed by atoms with Crippen LogP contribution in [-0.2, 0) is 0 Å². The van der Waals surface area contributed by atoms with Crippen molar-refractivity contribution >= 4 is 34.7 Å². The fraction of sp³-hybridized carbons (Fsp3) is 0.500. The lowest BCUT2D eigenvalue weighted by atomic mass is 9.84. The van der Waals surface area contributed by atoms with Crippen molar-refractivity contribution in [3.63, 3.8) is 0 Å². The van der Waals surface area contributed by atoms with Crippen molar-refractivity contribution in [2.45, 2.75) is 24.0 Å². The molecule has 1 saturated carbocycles. The maximum Gasteiger partial charge on any atom is 0.143 e. The smallest absolute Gasteiger partial charge is 0.143 e. The van der Waals surface area contributed by atoms with E-state index in [-0.39, 0.29) is 5.02 Å². The molecule has 0 spiro atoms. The molecule has 1 fully saturated rings. The standard InChI is InChI=1S/C12H16ClFN2S/c1-17-12(3-2-4-12)7-16-11-5-8(13)9(14)6-10(11)15/h5-6,16H,2-4,7,15H2,1H3. The van der Waals surface area contributed by atoms with Crippen molar-refractivity contribution < 1.29 is 4.39 Å². The van der Waals surface area contributed by atoms with Crippen molar-refractivity contribution in [1.29, 1.82) is 0 Å². The molecule has 1 aromatic carbocycles. The molecule has 1 aliphatic rings. The number of thioether (sulfide) groups is 1. The molecule has 2 rings (SSSR count). The lowest BCUT2D eigenvalue weighted by Crippen LogP contribution is -2.40. The van der Waals surface area contributed by atoms with Crippen LogP contribution in [0.3, 0.4) is 0 Å². The Bertz CT molecular complexity index is 416. The summed E-state index contributed by atoms with van der Waals surface area (Å²) in [5, 5.41) is 3.38. The summed E-state index contributed by atoms with van der Waals surface area (Å²) >= 11 is 7.62. The summed E-state index contributed by atoms with van der Waals surface area (Å²) in [6, 6.07) is 2.82. The van der Waals surface area contributed by atoms with Gasteiger partial charge in [0.05, 0.1) is 16.4 Å². The maximum absolute atomic E-state index is 13.1. The van der Waals surface area contributed by atoms with E-state index >= 15 is 0 Å². The summed E-state index contributed by atoms with van der Waals surface area (Å²) in [4.78, 5) is 0. The highest BCUT2D eigenvalue weighted by Crippen LogP contribution is 2.43. The summed E-state index contributed by atoms with van der Waals surface area (Å²) in [5.74, 6) is -0.474. The Morgan fingerprint density at radius 3 is 2.76 bits per heavy atom. The van der Waals surface area contributed by atoms with Gasteiger partial charge in [-0.15, -0.1) is 0 Å². The van der Waals surface area contributed by atoms with Crippen LogP contribution < -0.4 is 11.1 Å². The van der Waals surface area contributed by atoms with E-state index in [0.29, 0.717) is 10.4 Å². The van der Waals surface area contributed by atoms with Crippen molar-refractivity contribution in [2.75, 3.05) is 23.9 Å². The number of anilines is 2. The third-order valence-electron chi connectivity index (χ3n) is 3.39. The van der Waals surface area contributed by atoms with Crippen LogP contribution in [0.4, 0.5) is 15.8 Å². The van der Waals surface area contributed by atoms with Crippen LogP contribution in [0.2, 0.25) is 5.02 Å². The predicted octanol–water partition coefficient (Wildman–Crippen LogP) is 3.76. The van der Waals surface area contributed by atoms with E-state index in [4.69, 9.17) is 17.3 Å². The quantitative estimate of drug-likeness (QED) is 0.821. The lowest BCUT2D eigenvalue weighted by molar-refractivity contribution is 0.380. The van der Waals surface area contributed by atoms with Gasteiger partial charge in [-0.3, -0.25) is 0 Å². The molecular weight excluding hydrogens is 259 g/mol. The average Bonchev–Trinajstić information content (AvgIpc) is 2.24. The molecule has 0 radical (unpaired) electrons. The minimum Gasteiger partial charge on any atom is -0.397 e. The zero-order chi connectivity index (χ0) is 12.5. The van der Waals surface area contributed by atoms with Crippen LogP contribution in [-0.4, -0.2) is 17.5 Å². The molecule has 0 heterocycles. The van der Waals surface area contributed by atoms with Gasteiger partial charge in [0.2, 0.25) is 0 Å². The molecular formula is C12H16ClFN2S. The third kappa shape index (κ3) is 2.63. The average molecular weight is 275 g/mol. The van der Waals surface area contributed by atoms with E-state index in [1.54, 1.807) is 6.07 Å². The van der Waals surface area contributed by atoms with Crippen LogP contribution in [0.25, 0.3) is 0 Å². The first-order valence-electron chi connectivity index (χ1n) is 5.60. The normalized spacial score (nSPS) is 17.6. The van der Waals surface area contributed by atoms with Crippen molar-refractivity contribution in [1.82, 2.24) is 0 Å². The lowest BCUT2D eigenvalue weighted by Gasteiger charge is -2.40. The van der Waals surface area contributed by atoms with Gasteiger partial charge in [0.1, 0.15) is 5.82 Å². The zero-order valence-corrected chi connectivity index (χ0v) is 11.3. The topological polar surface area (TPSA) is 38.0 Å². The highest BCUT2D eigenvalue weighted by atomic mass is 35.5. The SMILES string of the molecule is CSC1(CNc2cc(Cl)c(F)cc2N)CCC1. The van der Waals surface area contributed by atoms with E-state index in [1.165, 1.54) is 25.3 Å². The Morgan fingerprint density at radius 2 is 2.24 bits per heavy atom. The van der Waals surface area contributed by atoms with Gasteiger partial charge in [0, 0.05) is 17.4 Å². The fourth-order valence-electron chi connectivity index (χ4n) is 2.00. The number of benzene rings is 1. The number of hydrogen-bond donors (Lipinski definition) is 2. The van der Waals surface area contributed by atoms with E-state index < -0.39 is 5.82 Å². The summed E-state index contributed by atoms with van der Waals surface area (Å²) in [6.45, 7) is 0.848. The van der Waals surface area contributed by atoms with Gasteiger partial charge in [0.25, 0.3) is 0 Å².